The van der Waals surface area contributed by atoms with Crippen molar-refractivity contribution in [3.05, 3.63) is 0 Å². The third kappa shape index (κ3) is 9.64. The lowest BCUT2D eigenvalue weighted by atomic mass is 9.43. The third-order valence-electron chi connectivity index (χ3n) is 22.3. The fourth-order valence-corrected chi connectivity index (χ4v) is 18.5. The van der Waals surface area contributed by atoms with Gasteiger partial charge in [-0.3, -0.25) is 24.0 Å². The molecule has 15 heteroatoms. The zero-order valence-corrected chi connectivity index (χ0v) is 42.4. The van der Waals surface area contributed by atoms with Crippen LogP contribution in [0.4, 0.5) is 0 Å². The van der Waals surface area contributed by atoms with Crippen molar-refractivity contribution in [2.75, 3.05) is 19.6 Å². The van der Waals surface area contributed by atoms with Crippen LogP contribution in [0.5, 0.6) is 0 Å². The van der Waals surface area contributed by atoms with Crippen LogP contribution in [0.25, 0.3) is 0 Å². The summed E-state index contributed by atoms with van der Waals surface area (Å²) in [5.41, 5.74) is -0.996. The van der Waals surface area contributed by atoms with Crippen molar-refractivity contribution >= 4 is 29.7 Å². The van der Waals surface area contributed by atoms with E-state index in [4.69, 9.17) is 9.84 Å². The lowest BCUT2D eigenvalue weighted by Crippen LogP contribution is -2.63. The fourth-order valence-electron chi connectivity index (χ4n) is 18.5. The van der Waals surface area contributed by atoms with Crippen molar-refractivity contribution in [1.29, 1.82) is 0 Å². The van der Waals surface area contributed by atoms with Crippen LogP contribution in [0.3, 0.4) is 0 Å². The molecule has 0 aromatic rings. The van der Waals surface area contributed by atoms with Crippen LogP contribution < -0.4 is 16.0 Å². The van der Waals surface area contributed by atoms with Gasteiger partial charge < -0.3 is 51.3 Å². The van der Waals surface area contributed by atoms with Gasteiger partial charge in [-0.2, -0.15) is 0 Å². The summed E-state index contributed by atoms with van der Waals surface area (Å²) in [6, 6.07) is 0. The van der Waals surface area contributed by atoms with Gasteiger partial charge in [-0.1, -0.05) is 41.5 Å². The fraction of sp³-hybridized carbons (Fsp3) is 0.907. The Balaban J connectivity index is 0.871. The Hall–Kier alpha value is -2.85. The first-order valence-electron chi connectivity index (χ1n) is 27.1. The number of fused-ring (bicyclic) bond motifs is 10. The van der Waals surface area contributed by atoms with Gasteiger partial charge in [0.05, 0.1) is 37.1 Å². The molecule has 69 heavy (non-hydrogen) atoms. The summed E-state index contributed by atoms with van der Waals surface area (Å²) in [5, 5.41) is 73.8. The van der Waals surface area contributed by atoms with Crippen LogP contribution in [-0.2, 0) is 28.7 Å². The molecule has 8 saturated carbocycles. The largest absolute Gasteiger partial charge is 0.480 e. The Morgan fingerprint density at radius 1 is 0.551 bits per heavy atom. The molecule has 0 saturated heterocycles. The number of carbonyl (C=O) groups excluding carboxylic acids is 4. The highest BCUT2D eigenvalue weighted by atomic mass is 16.5. The first-order valence-corrected chi connectivity index (χ1v) is 27.1. The molecule has 0 heterocycles. The van der Waals surface area contributed by atoms with Gasteiger partial charge in [-0.05, 0) is 189 Å². The van der Waals surface area contributed by atoms with Crippen LogP contribution in [0.2, 0.25) is 0 Å². The second kappa shape index (κ2) is 20.2. The summed E-state index contributed by atoms with van der Waals surface area (Å²) < 4.78 is 6.47. The summed E-state index contributed by atoms with van der Waals surface area (Å²) in [6.45, 7) is 12.3. The number of carboxylic acid groups (broad SMARTS) is 1. The molecule has 8 aliphatic carbocycles. The molecule has 0 bridgehead atoms. The zero-order valence-electron chi connectivity index (χ0n) is 42.4. The normalized spacial score (nSPS) is 46.2. The number of rotatable bonds is 15. The predicted octanol–water partition coefficient (Wildman–Crippen LogP) is 4.73. The standard InChI is InChI=1S/C54H87N3O12/c1-28(34-9-11-36-49-38(23-42(61)53(34,36)5)51(3)17-15-32(58)19-30(51)21-40(49)60)8-14-45(64)57-27-48(68)69-41-22-31-20-33(59)16-18-52(31,4)39-24-43(62)54(6)35(10-12-37(54)50(39)41)29(2)7-13-44(63)55-25-46(65)56-26-47(66)67/h28-43,49-50,58-62H,7-27H2,1-6H3,(H,55,63)(H,56,65)(H,57,64)(H,66,67)/t28-,29-,30+,31+,32-,33-,34?,35?,36+,37+,38+,39+,40-,41-,42+,43+,49+,50+,51+,52+,53-,54-/m1/s1. The summed E-state index contributed by atoms with van der Waals surface area (Å²) in [5.74, 6) is -1.21. The Bertz CT molecular complexity index is 1920. The summed E-state index contributed by atoms with van der Waals surface area (Å²) in [7, 11) is 0. The minimum atomic E-state index is -1.17. The van der Waals surface area contributed by atoms with E-state index in [1.807, 2.05) is 0 Å². The Kier molecular flexibility index (Phi) is 15.4. The van der Waals surface area contributed by atoms with Crippen molar-refractivity contribution in [3.8, 4) is 0 Å². The number of aliphatic hydroxyl groups excluding tert-OH is 5. The summed E-state index contributed by atoms with van der Waals surface area (Å²) in [4.78, 5) is 62.9. The number of aliphatic carboxylic acids is 1. The zero-order chi connectivity index (χ0) is 50.0. The lowest BCUT2D eigenvalue weighted by Gasteiger charge is -2.63. The molecule has 390 valence electrons. The van der Waals surface area contributed by atoms with Crippen molar-refractivity contribution in [2.45, 2.75) is 194 Å². The first kappa shape index (κ1) is 52.5. The predicted molar refractivity (Wildman–Crippen MR) is 255 cm³/mol. The molecule has 0 aromatic carbocycles. The number of hydrogen-bond acceptors (Lipinski definition) is 11. The van der Waals surface area contributed by atoms with E-state index in [1.165, 1.54) is 0 Å². The van der Waals surface area contributed by atoms with E-state index < -0.39 is 60.3 Å². The molecule has 2 unspecified atom stereocenters. The molecule has 8 fully saturated rings. The highest BCUT2D eigenvalue weighted by molar-refractivity contribution is 5.86. The van der Waals surface area contributed by atoms with Crippen molar-refractivity contribution < 1.29 is 59.3 Å². The Morgan fingerprint density at radius 3 is 1.54 bits per heavy atom. The van der Waals surface area contributed by atoms with E-state index >= 15 is 0 Å². The van der Waals surface area contributed by atoms with Crippen LogP contribution in [-0.4, -0.2) is 117 Å². The monoisotopic (exact) mass is 970 g/mol. The molecule has 8 rings (SSSR count). The Labute approximate surface area is 409 Å². The molecule has 0 aromatic heterocycles. The van der Waals surface area contributed by atoms with Gasteiger partial charge in [0.15, 0.2) is 0 Å². The quantitative estimate of drug-likeness (QED) is 0.101. The minimum absolute atomic E-state index is 0.00510. The maximum atomic E-state index is 13.9. The summed E-state index contributed by atoms with van der Waals surface area (Å²) in [6.07, 6.45) is 9.58. The highest BCUT2D eigenvalue weighted by Gasteiger charge is 2.68. The summed E-state index contributed by atoms with van der Waals surface area (Å²) >= 11 is 0. The van der Waals surface area contributed by atoms with Gasteiger partial charge in [0, 0.05) is 18.8 Å². The molecular formula is C54H87N3O12. The van der Waals surface area contributed by atoms with Gasteiger partial charge >= 0.3 is 11.9 Å². The maximum Gasteiger partial charge on any atom is 0.325 e. The second-order valence-electron chi connectivity index (χ2n) is 25.3. The smallest absolute Gasteiger partial charge is 0.325 e. The van der Waals surface area contributed by atoms with E-state index in [0.717, 1.165) is 51.4 Å². The minimum Gasteiger partial charge on any atom is -0.480 e. The number of hydrogen-bond donors (Lipinski definition) is 9. The van der Waals surface area contributed by atoms with Gasteiger partial charge in [0.25, 0.3) is 0 Å². The lowest BCUT2D eigenvalue weighted by molar-refractivity contribution is -0.217. The number of esters is 1. The van der Waals surface area contributed by atoms with E-state index in [-0.39, 0.29) is 131 Å². The number of aliphatic hydroxyl groups is 5. The van der Waals surface area contributed by atoms with E-state index in [1.54, 1.807) is 0 Å². The Morgan fingerprint density at radius 2 is 1.01 bits per heavy atom. The molecule has 3 amide bonds. The number of carbonyl (C=O) groups is 5. The molecule has 0 aliphatic heterocycles. The molecule has 9 N–H and O–H groups in total. The SMILES string of the molecule is C[C@H](CCC(=O)NCC(=O)O[C@@H]1C[C@@H]2C[C@H](O)CC[C@]2(C)[C@H]2C[C@H](O)[C@]3(C)C([C@H](C)CCC(=O)NCC(=O)NCC(=O)O)CC[C@H]3[C@H]12)C1CC[C@H]2[C@@H]3[C@H](O)C[C@@H]4C[C@H](O)CC[C@]4(C)[C@H]3C[C@H](O)[C@]12C. The van der Waals surface area contributed by atoms with Crippen LogP contribution in [0, 0.1) is 92.7 Å². The highest BCUT2D eigenvalue weighted by Crippen LogP contribution is 2.70. The van der Waals surface area contributed by atoms with Gasteiger partial charge in [-0.15, -0.1) is 0 Å². The average molecular weight is 970 g/mol. The molecule has 0 spiro atoms. The maximum absolute atomic E-state index is 13.9. The molecule has 8 aliphatic rings. The van der Waals surface area contributed by atoms with E-state index in [2.05, 4.69) is 57.5 Å². The average Bonchev–Trinajstić information content (AvgIpc) is 3.85. The number of amides is 3. The van der Waals surface area contributed by atoms with E-state index in [9.17, 15) is 49.5 Å². The van der Waals surface area contributed by atoms with Crippen molar-refractivity contribution in [1.82, 2.24) is 16.0 Å². The topological polar surface area (TPSA) is 252 Å². The van der Waals surface area contributed by atoms with Gasteiger partial charge in [-0.25, -0.2) is 0 Å². The molecular weight excluding hydrogens is 883 g/mol. The van der Waals surface area contributed by atoms with Gasteiger partial charge in [0.1, 0.15) is 19.2 Å². The molecule has 15 nitrogen and oxygen atoms in total. The second-order valence-corrected chi connectivity index (χ2v) is 25.3. The first-order chi connectivity index (χ1) is 32.5. The number of carboxylic acids is 1. The van der Waals surface area contributed by atoms with Crippen LogP contribution >= 0.6 is 0 Å². The third-order valence-corrected chi connectivity index (χ3v) is 22.3. The number of ether oxygens (including phenoxy) is 1. The van der Waals surface area contributed by atoms with Crippen molar-refractivity contribution in [2.24, 2.45) is 92.7 Å². The van der Waals surface area contributed by atoms with E-state index in [0.29, 0.717) is 51.4 Å². The number of nitrogens with one attached hydrogen (secondary N) is 3. The van der Waals surface area contributed by atoms with Crippen molar-refractivity contribution in [3.63, 3.8) is 0 Å². The van der Waals surface area contributed by atoms with Crippen LogP contribution in [0.1, 0.15) is 157 Å². The molecule has 0 radical (unpaired) electrons. The molecule has 22 atom stereocenters. The van der Waals surface area contributed by atoms with Gasteiger partial charge in [0.2, 0.25) is 17.7 Å². The van der Waals surface area contributed by atoms with Crippen LogP contribution in [0.15, 0.2) is 0 Å².